The number of nitrogens with zero attached hydrogens (tertiary/aromatic N) is 3. The highest BCUT2D eigenvalue weighted by Crippen LogP contribution is 2.23. The molecule has 0 bridgehead atoms. The van der Waals surface area contributed by atoms with Crippen LogP contribution in [0.15, 0.2) is 18.3 Å². The molecule has 0 N–H and O–H groups in total. The van der Waals surface area contributed by atoms with E-state index < -0.39 is 0 Å². The number of likely N-dealkylation sites (tertiary alicyclic amines) is 1. The lowest BCUT2D eigenvalue weighted by molar-refractivity contribution is -0.136. The first-order chi connectivity index (χ1) is 11.1. The van der Waals surface area contributed by atoms with Crippen LogP contribution in [0.2, 0.25) is 0 Å². The van der Waals surface area contributed by atoms with Crippen LogP contribution in [-0.4, -0.2) is 66.0 Å². The molecular formula is C17H23N3O3. The van der Waals surface area contributed by atoms with Gasteiger partial charge in [-0.3, -0.25) is 14.6 Å². The Morgan fingerprint density at radius 1 is 1.26 bits per heavy atom. The first kappa shape index (κ1) is 15.9. The highest BCUT2D eigenvalue weighted by atomic mass is 16.5. The van der Waals surface area contributed by atoms with E-state index in [1.807, 2.05) is 22.8 Å². The number of aryl methyl sites for hydroxylation is 1. The summed E-state index contributed by atoms with van der Waals surface area (Å²) >= 11 is 0. The molecule has 1 aromatic rings. The maximum Gasteiger partial charge on any atom is 0.255 e. The van der Waals surface area contributed by atoms with Gasteiger partial charge in [-0.1, -0.05) is 0 Å². The standard InChI is InChI=1S/C17H23N3O3/c1-13-15(3-2-5-18-13)17(22)20-6-4-14(12-20)11-16(21)19-7-9-23-10-8-19/h2-3,5,14H,4,6-12H2,1H3. The number of carbonyl (C=O) groups excluding carboxylic acids is 2. The third-order valence-corrected chi connectivity index (χ3v) is 4.64. The van der Waals surface area contributed by atoms with Gasteiger partial charge in [0.2, 0.25) is 5.91 Å². The van der Waals surface area contributed by atoms with Crippen molar-refractivity contribution >= 4 is 11.8 Å². The van der Waals surface area contributed by atoms with E-state index in [4.69, 9.17) is 4.74 Å². The Kier molecular flexibility index (Phi) is 4.91. The van der Waals surface area contributed by atoms with E-state index in [9.17, 15) is 9.59 Å². The van der Waals surface area contributed by atoms with Crippen molar-refractivity contribution in [3.63, 3.8) is 0 Å². The van der Waals surface area contributed by atoms with Crippen LogP contribution in [0.25, 0.3) is 0 Å². The van der Waals surface area contributed by atoms with Crippen LogP contribution in [0.4, 0.5) is 0 Å². The zero-order chi connectivity index (χ0) is 16.2. The second-order valence-corrected chi connectivity index (χ2v) is 6.24. The number of morpholine rings is 1. The van der Waals surface area contributed by atoms with E-state index in [1.165, 1.54) is 0 Å². The Hall–Kier alpha value is -1.95. The minimum atomic E-state index is 0.0249. The first-order valence-electron chi connectivity index (χ1n) is 8.21. The molecule has 1 unspecified atom stereocenters. The summed E-state index contributed by atoms with van der Waals surface area (Å²) < 4.78 is 5.28. The monoisotopic (exact) mass is 317 g/mol. The topological polar surface area (TPSA) is 62.7 Å². The lowest BCUT2D eigenvalue weighted by atomic mass is 10.0. The average molecular weight is 317 g/mol. The molecule has 6 nitrogen and oxygen atoms in total. The Morgan fingerprint density at radius 2 is 2.04 bits per heavy atom. The first-order valence-corrected chi connectivity index (χ1v) is 8.21. The van der Waals surface area contributed by atoms with Gasteiger partial charge in [-0.25, -0.2) is 0 Å². The number of pyridine rings is 1. The molecular weight excluding hydrogens is 294 g/mol. The van der Waals surface area contributed by atoms with Crippen molar-refractivity contribution < 1.29 is 14.3 Å². The number of amides is 2. The number of aromatic nitrogens is 1. The van der Waals surface area contributed by atoms with Gasteiger partial charge in [0.1, 0.15) is 0 Å². The van der Waals surface area contributed by atoms with Gasteiger partial charge in [-0.15, -0.1) is 0 Å². The third-order valence-electron chi connectivity index (χ3n) is 4.64. The molecule has 0 aromatic carbocycles. The number of ether oxygens (including phenoxy) is 1. The quantitative estimate of drug-likeness (QED) is 0.837. The van der Waals surface area contributed by atoms with Crippen LogP contribution in [0.5, 0.6) is 0 Å². The molecule has 0 saturated carbocycles. The average Bonchev–Trinajstić information content (AvgIpc) is 3.04. The van der Waals surface area contributed by atoms with Gasteiger partial charge in [0.15, 0.2) is 0 Å². The number of hydrogen-bond acceptors (Lipinski definition) is 4. The van der Waals surface area contributed by atoms with Crippen molar-refractivity contribution in [3.8, 4) is 0 Å². The number of carbonyl (C=O) groups is 2. The maximum absolute atomic E-state index is 12.6. The van der Waals surface area contributed by atoms with Crippen LogP contribution >= 0.6 is 0 Å². The third kappa shape index (κ3) is 3.69. The summed E-state index contributed by atoms with van der Waals surface area (Å²) in [6.07, 6.45) is 3.11. The Bertz CT molecular complexity index is 584. The van der Waals surface area contributed by atoms with Crippen LogP contribution < -0.4 is 0 Å². The van der Waals surface area contributed by atoms with E-state index >= 15 is 0 Å². The lowest BCUT2D eigenvalue weighted by Crippen LogP contribution is -2.41. The number of rotatable bonds is 3. The molecule has 0 aliphatic carbocycles. The van der Waals surface area contributed by atoms with E-state index in [-0.39, 0.29) is 17.7 Å². The molecule has 1 atom stereocenters. The van der Waals surface area contributed by atoms with Gasteiger partial charge >= 0.3 is 0 Å². The van der Waals surface area contributed by atoms with Gasteiger partial charge in [0.05, 0.1) is 18.8 Å². The fourth-order valence-electron chi connectivity index (χ4n) is 3.25. The Labute approximate surface area is 136 Å². The van der Waals surface area contributed by atoms with Gasteiger partial charge in [0, 0.05) is 44.5 Å². The molecule has 2 aliphatic rings. The predicted octanol–water partition coefficient (Wildman–Crippen LogP) is 1.10. The summed E-state index contributed by atoms with van der Waals surface area (Å²) in [5.41, 5.74) is 1.41. The van der Waals surface area contributed by atoms with Crippen molar-refractivity contribution in [2.45, 2.75) is 19.8 Å². The number of hydrogen-bond donors (Lipinski definition) is 0. The molecule has 124 valence electrons. The van der Waals surface area contributed by atoms with Gasteiger partial charge in [0.25, 0.3) is 5.91 Å². The van der Waals surface area contributed by atoms with Crippen LogP contribution in [0.3, 0.4) is 0 Å². The second-order valence-electron chi connectivity index (χ2n) is 6.24. The normalized spacial score (nSPS) is 21.5. The van der Waals surface area contributed by atoms with Gasteiger partial charge < -0.3 is 14.5 Å². The lowest BCUT2D eigenvalue weighted by Gasteiger charge is -2.27. The summed E-state index contributed by atoms with van der Waals surface area (Å²) in [7, 11) is 0. The van der Waals surface area contributed by atoms with E-state index in [2.05, 4.69) is 4.98 Å². The smallest absolute Gasteiger partial charge is 0.255 e. The van der Waals surface area contributed by atoms with Crippen molar-refractivity contribution in [3.05, 3.63) is 29.6 Å². The largest absolute Gasteiger partial charge is 0.378 e. The van der Waals surface area contributed by atoms with Crippen LogP contribution in [-0.2, 0) is 9.53 Å². The Morgan fingerprint density at radius 3 is 2.78 bits per heavy atom. The second kappa shape index (κ2) is 7.08. The summed E-state index contributed by atoms with van der Waals surface area (Å²) in [6.45, 7) is 5.84. The summed E-state index contributed by atoms with van der Waals surface area (Å²) in [4.78, 5) is 32.8. The van der Waals surface area contributed by atoms with Crippen molar-refractivity contribution in [2.75, 3.05) is 39.4 Å². The van der Waals surface area contributed by atoms with Crippen molar-refractivity contribution in [1.29, 1.82) is 0 Å². The van der Waals surface area contributed by atoms with Crippen LogP contribution in [0.1, 0.15) is 28.9 Å². The van der Waals surface area contributed by atoms with E-state index in [1.54, 1.807) is 12.3 Å². The molecule has 2 aliphatic heterocycles. The zero-order valence-electron chi connectivity index (χ0n) is 13.5. The molecule has 1 aromatic heterocycles. The molecule has 23 heavy (non-hydrogen) atoms. The fourth-order valence-corrected chi connectivity index (χ4v) is 3.25. The molecule has 2 amide bonds. The molecule has 3 rings (SSSR count). The summed E-state index contributed by atoms with van der Waals surface area (Å²) in [5, 5.41) is 0. The molecule has 2 fully saturated rings. The molecule has 6 heteroatoms. The minimum absolute atomic E-state index is 0.0249. The van der Waals surface area contributed by atoms with E-state index in [0.29, 0.717) is 51.4 Å². The Balaban J connectivity index is 1.55. The molecule has 3 heterocycles. The van der Waals surface area contributed by atoms with Crippen molar-refractivity contribution in [1.82, 2.24) is 14.8 Å². The van der Waals surface area contributed by atoms with Gasteiger partial charge in [-0.05, 0) is 31.4 Å². The molecule has 2 saturated heterocycles. The fraction of sp³-hybridized carbons (Fsp3) is 0.588. The molecule has 0 radical (unpaired) electrons. The highest BCUT2D eigenvalue weighted by Gasteiger charge is 2.30. The SMILES string of the molecule is Cc1ncccc1C(=O)N1CCC(CC(=O)N2CCOCC2)C1. The predicted molar refractivity (Wildman–Crippen MR) is 85.0 cm³/mol. The minimum Gasteiger partial charge on any atom is -0.378 e. The highest BCUT2D eigenvalue weighted by molar-refractivity contribution is 5.95. The van der Waals surface area contributed by atoms with E-state index in [0.717, 1.165) is 12.1 Å². The van der Waals surface area contributed by atoms with Gasteiger partial charge in [-0.2, -0.15) is 0 Å². The summed E-state index contributed by atoms with van der Waals surface area (Å²) in [6, 6.07) is 3.60. The van der Waals surface area contributed by atoms with Crippen LogP contribution in [0, 0.1) is 12.8 Å². The molecule has 0 spiro atoms. The maximum atomic E-state index is 12.6. The zero-order valence-corrected chi connectivity index (χ0v) is 13.5. The van der Waals surface area contributed by atoms with Crippen molar-refractivity contribution in [2.24, 2.45) is 5.92 Å². The summed E-state index contributed by atoms with van der Waals surface area (Å²) in [5.74, 6) is 0.466.